The number of ether oxygens (including phenoxy) is 1. The molecule has 0 aliphatic rings. The topological polar surface area (TPSA) is 43.4 Å². The number of ketones is 1. The van der Waals surface area contributed by atoms with Crippen molar-refractivity contribution in [2.75, 3.05) is 0 Å². The molecule has 0 amide bonds. The lowest BCUT2D eigenvalue weighted by Crippen LogP contribution is -2.30. The van der Waals surface area contributed by atoms with Crippen LogP contribution in [0.25, 0.3) is 6.08 Å². The Hall–Kier alpha value is -1.90. The number of Topliss-reactive ketones (excluding diaryl/α,β-unsaturated/α-hetero) is 1. The highest BCUT2D eigenvalue weighted by Gasteiger charge is 2.25. The predicted octanol–water partition coefficient (Wildman–Crippen LogP) is 3.24. The van der Waals surface area contributed by atoms with E-state index < -0.39 is 11.6 Å². The lowest BCUT2D eigenvalue weighted by Gasteiger charge is -2.23. The average molecular weight is 246 g/mol. The number of hydrogen-bond donors (Lipinski definition) is 0. The van der Waals surface area contributed by atoms with E-state index >= 15 is 0 Å². The van der Waals surface area contributed by atoms with Gasteiger partial charge >= 0.3 is 5.97 Å². The van der Waals surface area contributed by atoms with E-state index in [9.17, 15) is 9.59 Å². The Morgan fingerprint density at radius 2 is 1.83 bits per heavy atom. The summed E-state index contributed by atoms with van der Waals surface area (Å²) in [5.41, 5.74) is 0.631. The number of carbonyl (C=O) groups is 2. The van der Waals surface area contributed by atoms with Crippen molar-refractivity contribution in [3.05, 3.63) is 42.0 Å². The molecule has 1 aromatic carbocycles. The summed E-state index contributed by atoms with van der Waals surface area (Å²) in [6.45, 7) is 8.58. The summed E-state index contributed by atoms with van der Waals surface area (Å²) < 4.78 is 5.32. The van der Waals surface area contributed by atoms with Crippen LogP contribution in [0.3, 0.4) is 0 Å². The Kier molecular flexibility index (Phi) is 4.43. The highest BCUT2D eigenvalue weighted by atomic mass is 16.6. The minimum atomic E-state index is -0.778. The Bertz CT molecular complexity index is 455. The molecule has 0 bridgehead atoms. The lowest BCUT2D eigenvalue weighted by molar-refractivity contribution is -0.121. The second-order valence-corrected chi connectivity index (χ2v) is 4.85. The summed E-state index contributed by atoms with van der Waals surface area (Å²) in [7, 11) is 0. The molecule has 0 atom stereocenters. The lowest BCUT2D eigenvalue weighted by atomic mass is 10.0. The second kappa shape index (κ2) is 5.63. The molecule has 0 unspecified atom stereocenters. The van der Waals surface area contributed by atoms with Gasteiger partial charge in [0, 0.05) is 6.42 Å². The SMILES string of the molecule is C=Cc1ccc(C(=O)OC(C)(C)CC(C)=O)cc1. The van der Waals surface area contributed by atoms with Crippen LogP contribution >= 0.6 is 0 Å². The van der Waals surface area contributed by atoms with E-state index in [1.807, 2.05) is 0 Å². The van der Waals surface area contributed by atoms with Crippen LogP contribution in [-0.2, 0) is 9.53 Å². The van der Waals surface area contributed by atoms with Gasteiger partial charge in [-0.05, 0) is 38.5 Å². The van der Waals surface area contributed by atoms with Gasteiger partial charge < -0.3 is 4.74 Å². The standard InChI is InChI=1S/C15H18O3/c1-5-12-6-8-13(9-7-12)14(17)18-15(3,4)10-11(2)16/h5-9H,1,10H2,2-4H3. The molecule has 1 rings (SSSR count). The van der Waals surface area contributed by atoms with Crippen LogP contribution < -0.4 is 0 Å². The molecule has 0 radical (unpaired) electrons. The fraction of sp³-hybridized carbons (Fsp3) is 0.333. The Balaban J connectivity index is 2.75. The molecule has 0 fully saturated rings. The van der Waals surface area contributed by atoms with Gasteiger partial charge in [0.25, 0.3) is 0 Å². The first-order valence-corrected chi connectivity index (χ1v) is 5.79. The van der Waals surface area contributed by atoms with E-state index in [1.54, 1.807) is 44.2 Å². The highest BCUT2D eigenvalue weighted by molar-refractivity contribution is 5.90. The first-order chi connectivity index (χ1) is 8.34. The van der Waals surface area contributed by atoms with Gasteiger partial charge in [-0.25, -0.2) is 4.79 Å². The molecule has 0 heterocycles. The first kappa shape index (κ1) is 14.2. The third-order valence-corrected chi connectivity index (χ3v) is 2.43. The van der Waals surface area contributed by atoms with Gasteiger partial charge in [0.15, 0.2) is 0 Å². The highest BCUT2D eigenvalue weighted by Crippen LogP contribution is 2.18. The smallest absolute Gasteiger partial charge is 0.338 e. The van der Waals surface area contributed by atoms with Gasteiger partial charge in [0.1, 0.15) is 11.4 Å². The zero-order valence-electron chi connectivity index (χ0n) is 11.0. The van der Waals surface area contributed by atoms with Crippen LogP contribution in [-0.4, -0.2) is 17.4 Å². The molecular weight excluding hydrogens is 228 g/mol. The molecule has 0 aliphatic heterocycles. The quantitative estimate of drug-likeness (QED) is 0.749. The monoisotopic (exact) mass is 246 g/mol. The zero-order chi connectivity index (χ0) is 13.8. The van der Waals surface area contributed by atoms with E-state index in [1.165, 1.54) is 6.92 Å². The van der Waals surface area contributed by atoms with Crippen LogP contribution in [0.5, 0.6) is 0 Å². The predicted molar refractivity (Wildman–Crippen MR) is 71.3 cm³/mol. The molecule has 96 valence electrons. The zero-order valence-corrected chi connectivity index (χ0v) is 11.0. The van der Waals surface area contributed by atoms with Gasteiger partial charge in [-0.2, -0.15) is 0 Å². The number of benzene rings is 1. The summed E-state index contributed by atoms with van der Waals surface area (Å²) in [5.74, 6) is -0.424. The maximum atomic E-state index is 11.9. The maximum absolute atomic E-state index is 11.9. The van der Waals surface area contributed by atoms with Crippen molar-refractivity contribution in [1.82, 2.24) is 0 Å². The minimum Gasteiger partial charge on any atom is -0.456 e. The van der Waals surface area contributed by atoms with E-state index in [-0.39, 0.29) is 12.2 Å². The summed E-state index contributed by atoms with van der Waals surface area (Å²) in [5, 5.41) is 0. The van der Waals surface area contributed by atoms with Gasteiger partial charge in [-0.15, -0.1) is 0 Å². The van der Waals surface area contributed by atoms with Crippen LogP contribution in [0.1, 0.15) is 43.1 Å². The largest absolute Gasteiger partial charge is 0.456 e. The molecule has 0 saturated carbocycles. The normalized spacial score (nSPS) is 10.8. The van der Waals surface area contributed by atoms with E-state index in [0.29, 0.717) is 5.56 Å². The van der Waals surface area contributed by atoms with Crippen LogP contribution in [0.15, 0.2) is 30.8 Å². The third-order valence-electron chi connectivity index (χ3n) is 2.43. The first-order valence-electron chi connectivity index (χ1n) is 5.79. The molecule has 0 saturated heterocycles. The van der Waals surface area contributed by atoms with Crippen LogP contribution in [0.4, 0.5) is 0 Å². The fourth-order valence-electron chi connectivity index (χ4n) is 1.70. The molecular formula is C15H18O3. The Labute approximate surface area is 107 Å². The van der Waals surface area contributed by atoms with Crippen molar-refractivity contribution in [2.24, 2.45) is 0 Å². The minimum absolute atomic E-state index is 0.00481. The van der Waals surface area contributed by atoms with Crippen LogP contribution in [0, 0.1) is 0 Å². The second-order valence-electron chi connectivity index (χ2n) is 4.85. The fourth-order valence-corrected chi connectivity index (χ4v) is 1.70. The number of rotatable bonds is 5. The van der Waals surface area contributed by atoms with Gasteiger partial charge in [0.05, 0.1) is 5.56 Å². The van der Waals surface area contributed by atoms with Crippen molar-refractivity contribution in [3.8, 4) is 0 Å². The molecule has 18 heavy (non-hydrogen) atoms. The molecule has 0 aromatic heterocycles. The number of carbonyl (C=O) groups excluding carboxylic acids is 2. The maximum Gasteiger partial charge on any atom is 0.338 e. The van der Waals surface area contributed by atoms with Crippen molar-refractivity contribution in [1.29, 1.82) is 0 Å². The van der Waals surface area contributed by atoms with E-state index in [4.69, 9.17) is 4.74 Å². The van der Waals surface area contributed by atoms with Gasteiger partial charge in [-0.1, -0.05) is 24.8 Å². The Morgan fingerprint density at radius 1 is 1.28 bits per heavy atom. The number of esters is 1. The summed E-state index contributed by atoms with van der Waals surface area (Å²) in [4.78, 5) is 22.9. The van der Waals surface area contributed by atoms with Crippen LogP contribution in [0.2, 0.25) is 0 Å². The summed E-state index contributed by atoms with van der Waals surface area (Å²) in [6, 6.07) is 6.95. The molecule has 0 spiro atoms. The van der Waals surface area contributed by atoms with Crippen molar-refractivity contribution in [2.45, 2.75) is 32.8 Å². The van der Waals surface area contributed by atoms with Crippen molar-refractivity contribution in [3.63, 3.8) is 0 Å². The molecule has 3 heteroatoms. The number of hydrogen-bond acceptors (Lipinski definition) is 3. The molecule has 0 N–H and O–H groups in total. The third kappa shape index (κ3) is 4.17. The Morgan fingerprint density at radius 3 is 2.28 bits per heavy atom. The van der Waals surface area contributed by atoms with E-state index in [0.717, 1.165) is 5.56 Å². The molecule has 3 nitrogen and oxygen atoms in total. The molecule has 1 aromatic rings. The summed E-state index contributed by atoms with van der Waals surface area (Å²) in [6.07, 6.45) is 1.91. The van der Waals surface area contributed by atoms with E-state index in [2.05, 4.69) is 6.58 Å². The van der Waals surface area contributed by atoms with Crippen molar-refractivity contribution < 1.29 is 14.3 Å². The summed E-state index contributed by atoms with van der Waals surface area (Å²) >= 11 is 0. The average Bonchev–Trinajstić information content (AvgIpc) is 2.26. The van der Waals surface area contributed by atoms with Gasteiger partial charge in [-0.3, -0.25) is 4.79 Å². The van der Waals surface area contributed by atoms with Crippen molar-refractivity contribution >= 4 is 17.8 Å². The molecule has 0 aliphatic carbocycles. The van der Waals surface area contributed by atoms with Gasteiger partial charge in [0.2, 0.25) is 0 Å².